The topological polar surface area (TPSA) is 63.0 Å². The molecule has 6 rings (SSSR count). The van der Waals surface area contributed by atoms with Gasteiger partial charge in [0.05, 0.1) is 21.4 Å². The smallest absolute Gasteiger partial charge is 0.266 e. The summed E-state index contributed by atoms with van der Waals surface area (Å²) in [5.41, 5.74) is 1.94. The van der Waals surface area contributed by atoms with Crippen LogP contribution in [0.15, 0.2) is 93.8 Å². The number of carbonyl (C=O) groups excluding carboxylic acids is 2. The molecule has 4 aromatic rings. The Morgan fingerprint density at radius 3 is 2.25 bits per heavy atom. The van der Waals surface area contributed by atoms with Crippen LogP contribution in [0.3, 0.4) is 0 Å². The highest BCUT2D eigenvalue weighted by Gasteiger charge is 2.61. The van der Waals surface area contributed by atoms with Gasteiger partial charge in [-0.2, -0.15) is 0 Å². The van der Waals surface area contributed by atoms with E-state index < -0.39 is 29.9 Å². The summed E-state index contributed by atoms with van der Waals surface area (Å²) in [5, 5.41) is 2.18. The third-order valence-corrected chi connectivity index (χ3v) is 7.60. The summed E-state index contributed by atoms with van der Waals surface area (Å²) in [6.07, 6.45) is -1.02. The molecule has 3 atom stereocenters. The Labute approximate surface area is 225 Å². The van der Waals surface area contributed by atoms with Crippen molar-refractivity contribution in [2.45, 2.75) is 12.1 Å². The van der Waals surface area contributed by atoms with Gasteiger partial charge < -0.3 is 4.42 Å². The number of nitrogens with zero attached hydrogens (tertiary/aromatic N) is 2. The Morgan fingerprint density at radius 1 is 0.778 bits per heavy atom. The number of rotatable bonds is 4. The average Bonchev–Trinajstić information content (AvgIpc) is 3.57. The molecule has 2 amide bonds. The molecular weight excluding hydrogens is 567 g/mol. The number of hydroxylamine groups is 1. The Morgan fingerprint density at radius 2 is 1.53 bits per heavy atom. The molecule has 1 aromatic heterocycles. The molecule has 9 heteroatoms. The first-order chi connectivity index (χ1) is 17.4. The van der Waals surface area contributed by atoms with Crippen molar-refractivity contribution < 1.29 is 18.8 Å². The lowest BCUT2D eigenvalue weighted by atomic mass is 9.94. The molecule has 3 aromatic carbocycles. The molecule has 0 spiro atoms. The third kappa shape index (κ3) is 3.83. The predicted octanol–water partition coefficient (Wildman–Crippen LogP) is 7.07. The second-order valence-electron chi connectivity index (χ2n) is 8.48. The molecule has 3 heterocycles. The van der Waals surface area contributed by atoms with E-state index in [1.54, 1.807) is 17.2 Å². The van der Waals surface area contributed by atoms with Crippen LogP contribution in [0, 0.1) is 5.92 Å². The lowest BCUT2D eigenvalue weighted by Gasteiger charge is -2.27. The molecule has 6 nitrogen and oxygen atoms in total. The lowest BCUT2D eigenvalue weighted by molar-refractivity contribution is -0.126. The minimum absolute atomic E-state index is 0.250. The summed E-state index contributed by atoms with van der Waals surface area (Å²) in [6, 6.07) is 24.7. The van der Waals surface area contributed by atoms with Crippen LogP contribution in [-0.2, 0) is 14.4 Å². The van der Waals surface area contributed by atoms with Crippen molar-refractivity contribution in [2.24, 2.45) is 5.92 Å². The van der Waals surface area contributed by atoms with Gasteiger partial charge in [0, 0.05) is 10.0 Å². The minimum Gasteiger partial charge on any atom is -0.459 e. The maximum absolute atomic E-state index is 13.7. The summed E-state index contributed by atoms with van der Waals surface area (Å²) in [4.78, 5) is 34.5. The predicted molar refractivity (Wildman–Crippen MR) is 141 cm³/mol. The van der Waals surface area contributed by atoms with Gasteiger partial charge in [0.1, 0.15) is 23.5 Å². The molecular formula is C27H17BrCl2N2O4. The van der Waals surface area contributed by atoms with Crippen molar-refractivity contribution in [1.82, 2.24) is 0 Å². The fourth-order valence-electron chi connectivity index (χ4n) is 4.66. The molecule has 2 aliphatic heterocycles. The van der Waals surface area contributed by atoms with E-state index in [2.05, 4.69) is 15.9 Å². The molecule has 0 N–H and O–H groups in total. The van der Waals surface area contributed by atoms with Gasteiger partial charge in [-0.05, 0) is 54.6 Å². The normalized spacial score (nSPS) is 21.4. The quantitative estimate of drug-likeness (QED) is 0.240. The van der Waals surface area contributed by atoms with Crippen LogP contribution in [0.2, 0.25) is 10.0 Å². The summed E-state index contributed by atoms with van der Waals surface area (Å²) < 4.78 is 7.21. The van der Waals surface area contributed by atoms with Crippen LogP contribution in [-0.4, -0.2) is 17.9 Å². The van der Waals surface area contributed by atoms with Crippen molar-refractivity contribution in [3.63, 3.8) is 0 Å². The number of fused-ring (bicyclic) bond motifs is 1. The second kappa shape index (κ2) is 9.09. The van der Waals surface area contributed by atoms with E-state index in [-0.39, 0.29) is 5.02 Å². The highest BCUT2D eigenvalue weighted by molar-refractivity contribution is 9.10. The number of para-hydroxylation sites is 1. The van der Waals surface area contributed by atoms with Crippen LogP contribution >= 0.6 is 39.1 Å². The molecule has 2 saturated heterocycles. The van der Waals surface area contributed by atoms with Gasteiger partial charge in [0.15, 0.2) is 6.10 Å². The van der Waals surface area contributed by atoms with E-state index >= 15 is 0 Å². The monoisotopic (exact) mass is 582 g/mol. The highest BCUT2D eigenvalue weighted by Crippen LogP contribution is 2.48. The number of benzene rings is 3. The summed E-state index contributed by atoms with van der Waals surface area (Å²) in [6.45, 7) is 0. The van der Waals surface area contributed by atoms with Gasteiger partial charge in [-0.25, -0.2) is 9.96 Å². The molecule has 2 fully saturated rings. The van der Waals surface area contributed by atoms with Gasteiger partial charge >= 0.3 is 0 Å². The number of carbonyl (C=O) groups is 2. The Bertz CT molecular complexity index is 1470. The van der Waals surface area contributed by atoms with Crippen LogP contribution in [0.1, 0.15) is 11.8 Å². The highest BCUT2D eigenvalue weighted by atomic mass is 79.9. The zero-order valence-electron chi connectivity index (χ0n) is 18.5. The van der Waals surface area contributed by atoms with Crippen LogP contribution in [0.4, 0.5) is 11.4 Å². The van der Waals surface area contributed by atoms with Crippen molar-refractivity contribution in [3.05, 3.63) is 105 Å². The Kier molecular flexibility index (Phi) is 5.88. The first-order valence-corrected chi connectivity index (χ1v) is 12.7. The van der Waals surface area contributed by atoms with Gasteiger partial charge in [-0.3, -0.25) is 14.4 Å². The Balaban J connectivity index is 1.41. The number of hydrogen-bond donors (Lipinski definition) is 0. The Hall–Kier alpha value is -3.10. The van der Waals surface area contributed by atoms with Gasteiger partial charge in [-0.1, -0.05) is 69.5 Å². The number of anilines is 2. The first-order valence-electron chi connectivity index (χ1n) is 11.1. The third-order valence-electron chi connectivity index (χ3n) is 6.33. The summed E-state index contributed by atoms with van der Waals surface area (Å²) in [7, 11) is 0. The molecule has 0 unspecified atom stereocenters. The van der Waals surface area contributed by atoms with Crippen molar-refractivity contribution >= 4 is 62.3 Å². The lowest BCUT2D eigenvalue weighted by Crippen LogP contribution is -2.37. The molecule has 36 heavy (non-hydrogen) atoms. The molecule has 2 aliphatic rings. The number of amides is 2. The molecule has 0 bridgehead atoms. The van der Waals surface area contributed by atoms with E-state index in [0.29, 0.717) is 27.9 Å². The zero-order valence-corrected chi connectivity index (χ0v) is 21.6. The minimum atomic E-state index is -1.02. The number of furan rings is 1. The summed E-state index contributed by atoms with van der Waals surface area (Å²) >= 11 is 15.7. The standard InChI is InChI=1S/C27H17BrCl2N2O4/c28-16-8-6-15(7-9-16)21-12-13-22(35-21)24-23-25(36-32(24)17-4-2-1-3-5-17)27(34)31(26(23)33)18-10-11-19(29)20(30)14-18/h1-14,23-25H/t23-,24-,25-/m1/s1. The zero-order chi connectivity index (χ0) is 25.0. The van der Waals surface area contributed by atoms with Crippen molar-refractivity contribution in [2.75, 3.05) is 9.96 Å². The fourth-order valence-corrected chi connectivity index (χ4v) is 5.22. The van der Waals surface area contributed by atoms with Gasteiger partial charge in [0.25, 0.3) is 5.91 Å². The van der Waals surface area contributed by atoms with Crippen LogP contribution in [0.25, 0.3) is 11.3 Å². The van der Waals surface area contributed by atoms with Crippen molar-refractivity contribution in [1.29, 1.82) is 0 Å². The first kappa shape index (κ1) is 23.3. The maximum Gasteiger partial charge on any atom is 0.266 e. The molecule has 180 valence electrons. The SMILES string of the molecule is O=C1[C@@H]2[C@@H](c3ccc(-c4ccc(Br)cc4)o3)N(c3ccccc3)O[C@H]2C(=O)N1c1ccc(Cl)c(Cl)c1. The number of imide groups is 1. The average molecular weight is 584 g/mol. The molecule has 0 aliphatic carbocycles. The van der Waals surface area contributed by atoms with Crippen LogP contribution in [0.5, 0.6) is 0 Å². The maximum atomic E-state index is 13.7. The van der Waals surface area contributed by atoms with E-state index in [9.17, 15) is 9.59 Å². The fraction of sp³-hybridized carbons (Fsp3) is 0.111. The van der Waals surface area contributed by atoms with E-state index in [1.807, 2.05) is 66.7 Å². The number of hydrogen-bond acceptors (Lipinski definition) is 5. The second-order valence-corrected chi connectivity index (χ2v) is 10.2. The summed E-state index contributed by atoms with van der Waals surface area (Å²) in [5.74, 6) is -0.524. The van der Waals surface area contributed by atoms with Crippen LogP contribution < -0.4 is 9.96 Å². The molecule has 0 radical (unpaired) electrons. The largest absolute Gasteiger partial charge is 0.459 e. The van der Waals surface area contributed by atoms with E-state index in [1.165, 1.54) is 6.07 Å². The number of halogens is 3. The van der Waals surface area contributed by atoms with Gasteiger partial charge in [-0.15, -0.1) is 0 Å². The van der Waals surface area contributed by atoms with Crippen molar-refractivity contribution in [3.8, 4) is 11.3 Å². The van der Waals surface area contributed by atoms with E-state index in [0.717, 1.165) is 14.9 Å². The van der Waals surface area contributed by atoms with E-state index in [4.69, 9.17) is 32.5 Å². The molecule has 0 saturated carbocycles. The van der Waals surface area contributed by atoms with Gasteiger partial charge in [0.2, 0.25) is 5.91 Å².